The fourth-order valence-electron chi connectivity index (χ4n) is 3.34. The number of ether oxygens (including phenoxy) is 1. The minimum absolute atomic E-state index is 0.0204. The minimum atomic E-state index is -3.87. The van der Waals surface area contributed by atoms with E-state index in [2.05, 4.69) is 4.72 Å². The number of hydrogen-bond donors (Lipinski definition) is 1. The molecule has 10 heteroatoms. The molecule has 0 bridgehead atoms. The van der Waals surface area contributed by atoms with Crippen molar-refractivity contribution in [2.24, 2.45) is 5.92 Å². The van der Waals surface area contributed by atoms with Crippen LogP contribution in [0.2, 0.25) is 0 Å². The van der Waals surface area contributed by atoms with Crippen LogP contribution >= 0.6 is 0 Å². The Morgan fingerprint density at radius 1 is 1.10 bits per heavy atom. The number of sulfonamides is 1. The standard InChI is InChI=1S/C21H34N4O5S/c1-16(2)20(22-31(28,29)18-9-7-17(30-5)8-10-18)21(27)25-12-6-11-24(13-14-25)15-19(26)23(3)4/h7-10,16,20,22H,6,11-15H2,1-5H3/t20-/m0/s1. The van der Waals surface area contributed by atoms with Crippen molar-refractivity contribution in [3.05, 3.63) is 24.3 Å². The summed E-state index contributed by atoms with van der Waals surface area (Å²) in [6.07, 6.45) is 0.725. The Morgan fingerprint density at radius 2 is 1.74 bits per heavy atom. The number of carbonyl (C=O) groups is 2. The van der Waals surface area contributed by atoms with Crippen LogP contribution in [0.15, 0.2) is 29.2 Å². The Morgan fingerprint density at radius 3 is 2.29 bits per heavy atom. The highest BCUT2D eigenvalue weighted by atomic mass is 32.2. The highest BCUT2D eigenvalue weighted by molar-refractivity contribution is 7.89. The van der Waals surface area contributed by atoms with Gasteiger partial charge in [0.05, 0.1) is 18.6 Å². The maximum Gasteiger partial charge on any atom is 0.241 e. The van der Waals surface area contributed by atoms with Crippen LogP contribution in [0.4, 0.5) is 0 Å². The third-order valence-corrected chi connectivity index (χ3v) is 6.80. The van der Waals surface area contributed by atoms with Crippen LogP contribution in [0.25, 0.3) is 0 Å². The normalized spacial score (nSPS) is 16.6. The van der Waals surface area contributed by atoms with Crippen molar-refractivity contribution in [3.8, 4) is 5.75 Å². The molecule has 0 unspecified atom stereocenters. The first-order chi connectivity index (χ1) is 14.5. The highest BCUT2D eigenvalue weighted by Gasteiger charge is 2.32. The van der Waals surface area contributed by atoms with Crippen molar-refractivity contribution in [1.82, 2.24) is 19.4 Å². The Labute approximate surface area is 185 Å². The van der Waals surface area contributed by atoms with E-state index < -0.39 is 16.1 Å². The lowest BCUT2D eigenvalue weighted by Crippen LogP contribution is -2.52. The van der Waals surface area contributed by atoms with Gasteiger partial charge in [0.2, 0.25) is 21.8 Å². The number of hydrogen-bond acceptors (Lipinski definition) is 6. The summed E-state index contributed by atoms with van der Waals surface area (Å²) in [5.41, 5.74) is 0. The zero-order valence-corrected chi connectivity index (χ0v) is 19.8. The first-order valence-electron chi connectivity index (χ1n) is 10.4. The summed E-state index contributed by atoms with van der Waals surface area (Å²) in [5.74, 6) is 0.104. The molecule has 1 aromatic rings. The first kappa shape index (κ1) is 25.1. The molecule has 1 atom stereocenters. The predicted octanol–water partition coefficient (Wildman–Crippen LogP) is 0.621. The number of nitrogens with one attached hydrogen (secondary N) is 1. The second-order valence-corrected chi connectivity index (χ2v) is 9.98. The molecule has 0 aromatic heterocycles. The number of nitrogens with zero attached hydrogens (tertiary/aromatic N) is 3. The van der Waals surface area contributed by atoms with E-state index in [1.165, 1.54) is 19.2 Å². The molecular formula is C21H34N4O5S. The fraction of sp³-hybridized carbons (Fsp3) is 0.619. The van der Waals surface area contributed by atoms with E-state index in [9.17, 15) is 18.0 Å². The smallest absolute Gasteiger partial charge is 0.241 e. The molecule has 1 aliphatic heterocycles. The monoisotopic (exact) mass is 454 g/mol. The molecule has 31 heavy (non-hydrogen) atoms. The summed E-state index contributed by atoms with van der Waals surface area (Å²) in [7, 11) is 1.08. The van der Waals surface area contributed by atoms with Gasteiger partial charge in [-0.3, -0.25) is 14.5 Å². The summed E-state index contributed by atoms with van der Waals surface area (Å²) < 4.78 is 33.4. The average Bonchev–Trinajstić information content (AvgIpc) is 2.97. The van der Waals surface area contributed by atoms with Crippen LogP contribution in [0.3, 0.4) is 0 Å². The molecule has 1 N–H and O–H groups in total. The second kappa shape index (κ2) is 10.9. The molecule has 1 aliphatic rings. The maximum absolute atomic E-state index is 13.2. The predicted molar refractivity (Wildman–Crippen MR) is 118 cm³/mol. The first-order valence-corrected chi connectivity index (χ1v) is 11.9. The fourth-order valence-corrected chi connectivity index (χ4v) is 4.68. The van der Waals surface area contributed by atoms with Crippen LogP contribution in [-0.2, 0) is 19.6 Å². The lowest BCUT2D eigenvalue weighted by molar-refractivity contribution is -0.133. The van der Waals surface area contributed by atoms with E-state index in [0.29, 0.717) is 38.5 Å². The molecular weight excluding hydrogens is 420 g/mol. The van der Waals surface area contributed by atoms with Gasteiger partial charge in [0.15, 0.2) is 0 Å². The number of amides is 2. The summed E-state index contributed by atoms with van der Waals surface area (Å²) in [6, 6.07) is 5.17. The minimum Gasteiger partial charge on any atom is -0.497 e. The van der Waals surface area contributed by atoms with Crippen molar-refractivity contribution in [2.45, 2.75) is 31.2 Å². The number of likely N-dealkylation sites (N-methyl/N-ethyl adjacent to an activating group) is 1. The van der Waals surface area contributed by atoms with Crippen LogP contribution < -0.4 is 9.46 Å². The van der Waals surface area contributed by atoms with Gasteiger partial charge >= 0.3 is 0 Å². The summed E-state index contributed by atoms with van der Waals surface area (Å²) in [5, 5.41) is 0. The van der Waals surface area contributed by atoms with Gasteiger partial charge in [0, 0.05) is 40.3 Å². The zero-order chi connectivity index (χ0) is 23.2. The Hall–Kier alpha value is -2.17. The molecule has 1 aromatic carbocycles. The van der Waals surface area contributed by atoms with E-state index in [1.54, 1.807) is 36.0 Å². The molecule has 1 heterocycles. The van der Waals surface area contributed by atoms with Gasteiger partial charge in [-0.1, -0.05) is 13.8 Å². The lowest BCUT2D eigenvalue weighted by atomic mass is 10.0. The van der Waals surface area contributed by atoms with E-state index in [4.69, 9.17) is 4.74 Å². The van der Waals surface area contributed by atoms with E-state index in [1.807, 2.05) is 18.7 Å². The van der Waals surface area contributed by atoms with Crippen molar-refractivity contribution < 1.29 is 22.7 Å². The van der Waals surface area contributed by atoms with Gasteiger partial charge in [-0.25, -0.2) is 8.42 Å². The van der Waals surface area contributed by atoms with Crippen molar-refractivity contribution in [2.75, 3.05) is 53.9 Å². The maximum atomic E-state index is 13.2. The Kier molecular flexibility index (Phi) is 8.84. The number of methoxy groups -OCH3 is 1. The third kappa shape index (κ3) is 6.91. The highest BCUT2D eigenvalue weighted by Crippen LogP contribution is 2.18. The molecule has 0 saturated carbocycles. The molecule has 0 radical (unpaired) electrons. The molecule has 0 aliphatic carbocycles. The number of benzene rings is 1. The third-order valence-electron chi connectivity index (χ3n) is 5.34. The molecule has 174 valence electrons. The molecule has 2 rings (SSSR count). The van der Waals surface area contributed by atoms with E-state index in [0.717, 1.165) is 6.42 Å². The van der Waals surface area contributed by atoms with Crippen LogP contribution in [0.5, 0.6) is 5.75 Å². The summed E-state index contributed by atoms with van der Waals surface area (Å²) in [4.78, 5) is 30.6. The van der Waals surface area contributed by atoms with Crippen LogP contribution in [0, 0.1) is 5.92 Å². The molecule has 2 amide bonds. The topological polar surface area (TPSA) is 99.3 Å². The molecule has 1 fully saturated rings. The van der Waals surface area contributed by atoms with Gasteiger partial charge in [-0.2, -0.15) is 4.72 Å². The van der Waals surface area contributed by atoms with Gasteiger partial charge in [-0.15, -0.1) is 0 Å². The van der Waals surface area contributed by atoms with Gasteiger partial charge in [0.1, 0.15) is 11.8 Å². The Balaban J connectivity index is 2.08. The molecule has 9 nitrogen and oxygen atoms in total. The van der Waals surface area contributed by atoms with Gasteiger partial charge < -0.3 is 14.5 Å². The van der Waals surface area contributed by atoms with Crippen molar-refractivity contribution in [1.29, 1.82) is 0 Å². The van der Waals surface area contributed by atoms with E-state index >= 15 is 0 Å². The van der Waals surface area contributed by atoms with Gasteiger partial charge in [0.25, 0.3) is 0 Å². The zero-order valence-electron chi connectivity index (χ0n) is 19.0. The van der Waals surface area contributed by atoms with Gasteiger partial charge in [-0.05, 0) is 36.6 Å². The molecule has 1 saturated heterocycles. The average molecular weight is 455 g/mol. The van der Waals surface area contributed by atoms with Crippen molar-refractivity contribution >= 4 is 21.8 Å². The van der Waals surface area contributed by atoms with Crippen LogP contribution in [0.1, 0.15) is 20.3 Å². The quantitative estimate of drug-likeness (QED) is 0.618. The molecule has 0 spiro atoms. The van der Waals surface area contributed by atoms with Crippen LogP contribution in [-0.4, -0.2) is 94.9 Å². The van der Waals surface area contributed by atoms with Crippen molar-refractivity contribution in [3.63, 3.8) is 0 Å². The SMILES string of the molecule is COc1ccc(S(=O)(=O)N[C@H](C(=O)N2CCCN(CC(=O)N(C)C)CC2)C(C)C)cc1. The number of rotatable bonds is 8. The second-order valence-electron chi connectivity index (χ2n) is 8.26. The lowest BCUT2D eigenvalue weighted by Gasteiger charge is -2.29. The summed E-state index contributed by atoms with van der Waals surface area (Å²) >= 11 is 0. The van der Waals surface area contributed by atoms with E-state index in [-0.39, 0.29) is 22.6 Å². The Bertz CT molecular complexity index is 855. The number of carbonyl (C=O) groups excluding carboxylic acids is 2. The summed E-state index contributed by atoms with van der Waals surface area (Å²) in [6.45, 7) is 6.21. The largest absolute Gasteiger partial charge is 0.497 e.